The molecule has 1 N–H and O–H groups in total. The van der Waals surface area contributed by atoms with Gasteiger partial charge < -0.3 is 15.1 Å². The molecule has 0 aromatic rings. The number of hydrogen-bond donors (Lipinski definition) is 1. The van der Waals surface area contributed by atoms with E-state index in [0.29, 0.717) is 0 Å². The molecule has 0 aromatic heterocycles. The molecule has 17 heavy (non-hydrogen) atoms. The zero-order chi connectivity index (χ0) is 12.5. The smallest absolute Gasteiger partial charge is 0.0200 e. The number of hydrogen-bond acceptors (Lipinski definition) is 3. The average Bonchev–Trinajstić information content (AvgIpc) is 2.79. The number of nitrogens with one attached hydrogen (secondary N) is 1. The van der Waals surface area contributed by atoms with Crippen LogP contribution in [0.4, 0.5) is 0 Å². The van der Waals surface area contributed by atoms with E-state index in [4.69, 9.17) is 0 Å². The Labute approximate surface area is 107 Å². The van der Waals surface area contributed by atoms with Crippen LogP contribution in [0.1, 0.15) is 26.2 Å². The van der Waals surface area contributed by atoms with Crippen LogP contribution in [0, 0.1) is 0 Å². The Balaban J connectivity index is 2.02. The summed E-state index contributed by atoms with van der Waals surface area (Å²) in [5, 5.41) is 3.40. The van der Waals surface area contributed by atoms with Gasteiger partial charge in [0.1, 0.15) is 0 Å². The first kappa shape index (κ1) is 14.7. The Hall–Kier alpha value is -0.380. The van der Waals surface area contributed by atoms with Crippen LogP contribution in [0.3, 0.4) is 0 Å². The summed E-state index contributed by atoms with van der Waals surface area (Å²) in [6, 6.07) is 0. The Morgan fingerprint density at radius 3 is 2.71 bits per heavy atom. The second kappa shape index (κ2) is 8.67. The molecular formula is C14H29N3. The van der Waals surface area contributed by atoms with Crippen LogP contribution < -0.4 is 5.32 Å². The van der Waals surface area contributed by atoms with Crippen LogP contribution in [-0.4, -0.2) is 62.7 Å². The summed E-state index contributed by atoms with van der Waals surface area (Å²) in [5.74, 6) is 0. The molecule has 1 fully saturated rings. The summed E-state index contributed by atoms with van der Waals surface area (Å²) in [6.45, 7) is 14.4. The van der Waals surface area contributed by atoms with E-state index in [-0.39, 0.29) is 0 Å². The first-order valence-electron chi connectivity index (χ1n) is 7.00. The van der Waals surface area contributed by atoms with Crippen molar-refractivity contribution in [3.8, 4) is 0 Å². The molecule has 0 aliphatic carbocycles. The molecule has 3 nitrogen and oxygen atoms in total. The normalized spacial score (nSPS) is 16.9. The second-order valence-electron chi connectivity index (χ2n) is 5.21. The molecule has 1 rings (SSSR count). The molecule has 0 spiro atoms. The highest BCUT2D eigenvalue weighted by atomic mass is 15.2. The first-order chi connectivity index (χ1) is 8.22. The fourth-order valence-electron chi connectivity index (χ4n) is 2.28. The van der Waals surface area contributed by atoms with Crippen molar-refractivity contribution >= 4 is 0 Å². The van der Waals surface area contributed by atoms with Crippen molar-refractivity contribution in [2.45, 2.75) is 26.2 Å². The van der Waals surface area contributed by atoms with Gasteiger partial charge in [0, 0.05) is 26.2 Å². The summed E-state index contributed by atoms with van der Waals surface area (Å²) in [7, 11) is 2.20. The van der Waals surface area contributed by atoms with Gasteiger partial charge in [0.15, 0.2) is 0 Å². The standard InChI is InChI=1S/C14H29N3/c1-4-7-15-12-14(2)13-16(3)10-11-17-8-5-6-9-17/h15H,2,4-13H2,1,3H3. The number of nitrogens with zero attached hydrogens (tertiary/aromatic N) is 2. The molecular weight excluding hydrogens is 210 g/mol. The Morgan fingerprint density at radius 2 is 2.06 bits per heavy atom. The molecule has 1 heterocycles. The number of likely N-dealkylation sites (tertiary alicyclic amines) is 1. The van der Waals surface area contributed by atoms with E-state index in [1.54, 1.807) is 0 Å². The van der Waals surface area contributed by atoms with Crippen LogP contribution in [0.2, 0.25) is 0 Å². The predicted molar refractivity (Wildman–Crippen MR) is 75.5 cm³/mol. The maximum Gasteiger partial charge on any atom is 0.0200 e. The van der Waals surface area contributed by atoms with E-state index in [9.17, 15) is 0 Å². The highest BCUT2D eigenvalue weighted by molar-refractivity contribution is 4.99. The monoisotopic (exact) mass is 239 g/mol. The fourth-order valence-corrected chi connectivity index (χ4v) is 2.28. The molecule has 0 atom stereocenters. The molecule has 1 aliphatic heterocycles. The average molecular weight is 239 g/mol. The second-order valence-corrected chi connectivity index (χ2v) is 5.21. The van der Waals surface area contributed by atoms with Crippen LogP contribution in [0.5, 0.6) is 0 Å². The lowest BCUT2D eigenvalue weighted by Gasteiger charge is -2.22. The minimum Gasteiger partial charge on any atom is -0.313 e. The van der Waals surface area contributed by atoms with E-state index in [1.807, 2.05) is 0 Å². The minimum absolute atomic E-state index is 0.960. The summed E-state index contributed by atoms with van der Waals surface area (Å²) in [5.41, 5.74) is 1.29. The van der Waals surface area contributed by atoms with Gasteiger partial charge in [-0.25, -0.2) is 0 Å². The summed E-state index contributed by atoms with van der Waals surface area (Å²) in [6.07, 6.45) is 3.97. The lowest BCUT2D eigenvalue weighted by atomic mass is 10.2. The van der Waals surface area contributed by atoms with Crippen LogP contribution in [-0.2, 0) is 0 Å². The largest absolute Gasteiger partial charge is 0.313 e. The zero-order valence-electron chi connectivity index (χ0n) is 11.7. The zero-order valence-corrected chi connectivity index (χ0v) is 11.7. The Kier molecular flexibility index (Phi) is 7.49. The lowest BCUT2D eigenvalue weighted by Crippen LogP contribution is -2.33. The highest BCUT2D eigenvalue weighted by Gasteiger charge is 2.11. The van der Waals surface area contributed by atoms with Gasteiger partial charge in [-0.2, -0.15) is 0 Å². The fraction of sp³-hybridized carbons (Fsp3) is 0.857. The third-order valence-corrected chi connectivity index (χ3v) is 3.29. The SMILES string of the molecule is C=C(CNCCC)CN(C)CCN1CCCC1. The number of likely N-dealkylation sites (N-methyl/N-ethyl adjacent to an activating group) is 1. The Bertz CT molecular complexity index is 210. The molecule has 0 bridgehead atoms. The van der Waals surface area contributed by atoms with E-state index in [1.165, 1.54) is 44.5 Å². The topological polar surface area (TPSA) is 18.5 Å². The molecule has 0 radical (unpaired) electrons. The van der Waals surface area contributed by atoms with Gasteiger partial charge >= 0.3 is 0 Å². The van der Waals surface area contributed by atoms with E-state index in [0.717, 1.165) is 26.2 Å². The quantitative estimate of drug-likeness (QED) is 0.487. The van der Waals surface area contributed by atoms with E-state index < -0.39 is 0 Å². The van der Waals surface area contributed by atoms with Gasteiger partial charge in [0.25, 0.3) is 0 Å². The molecule has 1 aliphatic rings. The maximum absolute atomic E-state index is 4.13. The van der Waals surface area contributed by atoms with Gasteiger partial charge in [-0.05, 0) is 51.5 Å². The summed E-state index contributed by atoms with van der Waals surface area (Å²) in [4.78, 5) is 4.95. The van der Waals surface area contributed by atoms with E-state index >= 15 is 0 Å². The van der Waals surface area contributed by atoms with Crippen molar-refractivity contribution in [2.75, 3.05) is 52.9 Å². The lowest BCUT2D eigenvalue weighted by molar-refractivity contribution is 0.267. The third kappa shape index (κ3) is 6.81. The van der Waals surface area contributed by atoms with Gasteiger partial charge in [0.2, 0.25) is 0 Å². The number of rotatable bonds is 9. The molecule has 0 unspecified atom stereocenters. The van der Waals surface area contributed by atoms with Crippen molar-refractivity contribution in [3.63, 3.8) is 0 Å². The first-order valence-corrected chi connectivity index (χ1v) is 7.00. The minimum atomic E-state index is 0.960. The van der Waals surface area contributed by atoms with Gasteiger partial charge in [-0.1, -0.05) is 13.5 Å². The third-order valence-electron chi connectivity index (χ3n) is 3.29. The van der Waals surface area contributed by atoms with Gasteiger partial charge in [-0.15, -0.1) is 0 Å². The molecule has 0 amide bonds. The molecule has 1 saturated heterocycles. The van der Waals surface area contributed by atoms with Crippen molar-refractivity contribution < 1.29 is 0 Å². The maximum atomic E-state index is 4.13. The molecule has 3 heteroatoms. The molecule has 100 valence electrons. The van der Waals surface area contributed by atoms with Crippen LogP contribution >= 0.6 is 0 Å². The van der Waals surface area contributed by atoms with Crippen molar-refractivity contribution in [1.29, 1.82) is 0 Å². The molecule has 0 saturated carbocycles. The Morgan fingerprint density at radius 1 is 1.35 bits per heavy atom. The van der Waals surface area contributed by atoms with E-state index in [2.05, 4.69) is 35.7 Å². The predicted octanol–water partition coefficient (Wildman–Crippen LogP) is 1.57. The van der Waals surface area contributed by atoms with Gasteiger partial charge in [-0.3, -0.25) is 0 Å². The highest BCUT2D eigenvalue weighted by Crippen LogP contribution is 2.06. The molecule has 0 aromatic carbocycles. The van der Waals surface area contributed by atoms with Crippen molar-refractivity contribution in [1.82, 2.24) is 15.1 Å². The summed E-state index contributed by atoms with van der Waals surface area (Å²) < 4.78 is 0. The van der Waals surface area contributed by atoms with Crippen molar-refractivity contribution in [2.24, 2.45) is 0 Å². The summed E-state index contributed by atoms with van der Waals surface area (Å²) >= 11 is 0. The van der Waals surface area contributed by atoms with Crippen LogP contribution in [0.15, 0.2) is 12.2 Å². The van der Waals surface area contributed by atoms with Gasteiger partial charge in [0.05, 0.1) is 0 Å². The van der Waals surface area contributed by atoms with Crippen LogP contribution in [0.25, 0.3) is 0 Å². The van der Waals surface area contributed by atoms with Crippen molar-refractivity contribution in [3.05, 3.63) is 12.2 Å².